The number of hydrogen-bond acceptors (Lipinski definition) is 2. The number of aliphatic carboxylic acids is 2. The summed E-state index contributed by atoms with van der Waals surface area (Å²) >= 11 is 0. The third kappa shape index (κ3) is 12.9. The second-order valence-corrected chi connectivity index (χ2v) is 14.9. The fourth-order valence-corrected chi connectivity index (χ4v) is 6.61. The van der Waals surface area contributed by atoms with Crippen molar-refractivity contribution in [2.75, 3.05) is 0 Å². The number of allylic oxidation sites excluding steroid dienone is 20. The summed E-state index contributed by atoms with van der Waals surface area (Å²) in [5.74, 6) is -2.43. The van der Waals surface area contributed by atoms with Gasteiger partial charge in [0.05, 0.1) is 11.1 Å². The van der Waals surface area contributed by atoms with Crippen molar-refractivity contribution in [2.45, 2.75) is 121 Å². The fourth-order valence-electron chi connectivity index (χ4n) is 6.61. The predicted octanol–water partition coefficient (Wildman–Crippen LogP) is 12.3. The summed E-state index contributed by atoms with van der Waals surface area (Å²) < 4.78 is 0. The van der Waals surface area contributed by atoms with Gasteiger partial charge in [-0.25, -0.2) is 9.59 Å². The second-order valence-electron chi connectivity index (χ2n) is 14.9. The Morgan fingerprint density at radius 1 is 0.604 bits per heavy atom. The van der Waals surface area contributed by atoms with Crippen molar-refractivity contribution in [3.05, 3.63) is 129 Å². The van der Waals surface area contributed by atoms with Gasteiger partial charge < -0.3 is 10.2 Å². The van der Waals surface area contributed by atoms with E-state index in [1.807, 2.05) is 50.3 Å². The average molecular weight is 653 g/mol. The Morgan fingerprint density at radius 3 is 1.27 bits per heavy atom. The molecule has 2 aliphatic rings. The molecule has 2 N–H and O–H groups in total. The molecule has 0 aromatic heterocycles. The molecule has 0 radical (unpaired) electrons. The van der Waals surface area contributed by atoms with E-state index in [1.54, 1.807) is 12.2 Å². The highest BCUT2D eigenvalue weighted by Crippen LogP contribution is 2.41. The molecule has 2 aliphatic carbocycles. The smallest absolute Gasteiger partial charge is 0.332 e. The SMILES string of the molecule is CC(C=CC1=C(C)CCCC1(C)C)=CC=CC(C)=CCC(C(=O)O)=C(CC=C(C)C=CC=C(C)C=CC1=C(C)CCCC1(C)C)C(=O)O. The standard InChI is InChI=1S/C44H60O4/c1-31(15-11-17-33(3)23-27-39-35(5)19-13-29-43(39,7)8)21-25-37(41(45)46)38(42(47)48)26-22-32(2)16-12-18-34(4)24-28-40-36(6)20-14-30-44(40,9)10/h11-12,15-18,21-24,27-28H,13-14,19-20,25-26,29-30H2,1-10H3,(H,45,46)(H,47,48). The van der Waals surface area contributed by atoms with Gasteiger partial charge in [-0.05, 0) is 115 Å². The molecule has 0 heterocycles. The van der Waals surface area contributed by atoms with Crippen molar-refractivity contribution in [1.82, 2.24) is 0 Å². The number of rotatable bonds is 14. The molecule has 0 saturated carbocycles. The summed E-state index contributed by atoms with van der Waals surface area (Å²) in [5.41, 5.74) is 9.93. The maximum absolute atomic E-state index is 12.1. The molecule has 2 rings (SSSR count). The molecular weight excluding hydrogens is 592 g/mol. The van der Waals surface area contributed by atoms with Crippen molar-refractivity contribution < 1.29 is 19.8 Å². The molecule has 0 saturated heterocycles. The van der Waals surface area contributed by atoms with Crippen LogP contribution in [0.4, 0.5) is 0 Å². The summed E-state index contributed by atoms with van der Waals surface area (Å²) in [6.45, 7) is 21.6. The Balaban J connectivity index is 2.11. The van der Waals surface area contributed by atoms with Crippen LogP contribution in [0.2, 0.25) is 0 Å². The quantitative estimate of drug-likeness (QED) is 0.145. The van der Waals surface area contributed by atoms with E-state index in [0.29, 0.717) is 0 Å². The molecule has 0 atom stereocenters. The van der Waals surface area contributed by atoms with E-state index in [1.165, 1.54) is 48.0 Å². The summed E-state index contributed by atoms with van der Waals surface area (Å²) in [5, 5.41) is 19.8. The summed E-state index contributed by atoms with van der Waals surface area (Å²) in [4.78, 5) is 24.2. The number of carboxylic acid groups (broad SMARTS) is 2. The molecular formula is C44H60O4. The fraction of sp³-hybridized carbons (Fsp3) is 0.455. The summed E-state index contributed by atoms with van der Waals surface area (Å²) in [7, 11) is 0. The minimum Gasteiger partial charge on any atom is -0.478 e. The van der Waals surface area contributed by atoms with Gasteiger partial charge in [-0.1, -0.05) is 134 Å². The van der Waals surface area contributed by atoms with Gasteiger partial charge in [0.25, 0.3) is 0 Å². The van der Waals surface area contributed by atoms with Crippen LogP contribution in [0.1, 0.15) is 121 Å². The molecule has 0 bridgehead atoms. The largest absolute Gasteiger partial charge is 0.478 e. The second kappa shape index (κ2) is 18.6. The van der Waals surface area contributed by atoms with E-state index in [9.17, 15) is 19.8 Å². The first-order chi connectivity index (χ1) is 22.4. The zero-order valence-corrected chi connectivity index (χ0v) is 31.3. The van der Waals surface area contributed by atoms with Gasteiger partial charge in [-0.2, -0.15) is 0 Å². The van der Waals surface area contributed by atoms with Gasteiger partial charge in [0.1, 0.15) is 0 Å². The molecule has 0 aliphatic heterocycles. The van der Waals surface area contributed by atoms with Crippen LogP contribution in [0.15, 0.2) is 129 Å². The first kappa shape index (κ1) is 40.3. The number of carboxylic acids is 2. The molecule has 260 valence electrons. The Bertz CT molecular complexity index is 1430. The summed E-state index contributed by atoms with van der Waals surface area (Å²) in [6, 6.07) is 0. The van der Waals surface area contributed by atoms with Gasteiger partial charge >= 0.3 is 11.9 Å². The van der Waals surface area contributed by atoms with Gasteiger partial charge in [0.15, 0.2) is 0 Å². The van der Waals surface area contributed by atoms with Crippen molar-refractivity contribution in [3.8, 4) is 0 Å². The van der Waals surface area contributed by atoms with Crippen LogP contribution in [0.5, 0.6) is 0 Å². The minimum atomic E-state index is -1.21. The molecule has 4 heteroatoms. The monoisotopic (exact) mass is 652 g/mol. The Kier molecular flexibility index (Phi) is 15.6. The van der Waals surface area contributed by atoms with E-state index in [4.69, 9.17) is 0 Å². The Morgan fingerprint density at radius 2 is 0.958 bits per heavy atom. The van der Waals surface area contributed by atoms with Crippen LogP contribution >= 0.6 is 0 Å². The first-order valence-corrected chi connectivity index (χ1v) is 17.4. The lowest BCUT2D eigenvalue weighted by atomic mass is 9.72. The topological polar surface area (TPSA) is 74.6 Å². The zero-order valence-electron chi connectivity index (χ0n) is 31.3. The highest BCUT2D eigenvalue weighted by atomic mass is 16.4. The van der Waals surface area contributed by atoms with Gasteiger partial charge in [-0.3, -0.25) is 0 Å². The van der Waals surface area contributed by atoms with Crippen molar-refractivity contribution >= 4 is 11.9 Å². The summed E-state index contributed by atoms with van der Waals surface area (Å²) in [6.07, 6.45) is 31.4. The first-order valence-electron chi connectivity index (χ1n) is 17.4. The van der Waals surface area contributed by atoms with Crippen LogP contribution in [0.25, 0.3) is 0 Å². The highest BCUT2D eigenvalue weighted by molar-refractivity contribution is 5.99. The van der Waals surface area contributed by atoms with Crippen LogP contribution in [-0.2, 0) is 9.59 Å². The highest BCUT2D eigenvalue weighted by Gasteiger charge is 2.27. The van der Waals surface area contributed by atoms with E-state index in [-0.39, 0.29) is 34.8 Å². The van der Waals surface area contributed by atoms with Crippen molar-refractivity contribution in [1.29, 1.82) is 0 Å². The lowest BCUT2D eigenvalue weighted by Gasteiger charge is -2.33. The molecule has 0 amide bonds. The minimum absolute atomic E-state index is 0.0297. The van der Waals surface area contributed by atoms with Crippen LogP contribution in [-0.4, -0.2) is 22.2 Å². The zero-order chi connectivity index (χ0) is 36.1. The van der Waals surface area contributed by atoms with Gasteiger partial charge in [0, 0.05) is 0 Å². The third-order valence-corrected chi connectivity index (χ3v) is 9.68. The normalized spacial score (nSPS) is 20.5. The van der Waals surface area contributed by atoms with Crippen molar-refractivity contribution in [2.24, 2.45) is 10.8 Å². The van der Waals surface area contributed by atoms with E-state index in [2.05, 4.69) is 79.7 Å². The van der Waals surface area contributed by atoms with Crippen molar-refractivity contribution in [3.63, 3.8) is 0 Å². The molecule has 4 nitrogen and oxygen atoms in total. The maximum atomic E-state index is 12.1. The predicted molar refractivity (Wildman–Crippen MR) is 204 cm³/mol. The van der Waals surface area contributed by atoms with Crippen LogP contribution < -0.4 is 0 Å². The molecule has 0 spiro atoms. The van der Waals surface area contributed by atoms with Crippen LogP contribution in [0, 0.1) is 10.8 Å². The third-order valence-electron chi connectivity index (χ3n) is 9.68. The number of hydrogen-bond donors (Lipinski definition) is 2. The lowest BCUT2D eigenvalue weighted by Crippen LogP contribution is -2.19. The molecule has 48 heavy (non-hydrogen) atoms. The van der Waals surface area contributed by atoms with Gasteiger partial charge in [0.2, 0.25) is 0 Å². The Labute approximate surface area is 291 Å². The number of carbonyl (C=O) groups is 2. The van der Waals surface area contributed by atoms with E-state index >= 15 is 0 Å². The lowest BCUT2D eigenvalue weighted by molar-refractivity contribution is -0.136. The van der Waals surface area contributed by atoms with Gasteiger partial charge in [-0.15, -0.1) is 0 Å². The maximum Gasteiger partial charge on any atom is 0.332 e. The Hall–Kier alpha value is -3.92. The average Bonchev–Trinajstić information content (AvgIpc) is 2.97. The molecule has 0 aromatic carbocycles. The van der Waals surface area contributed by atoms with E-state index in [0.717, 1.165) is 35.1 Å². The molecule has 0 unspecified atom stereocenters. The van der Waals surface area contributed by atoms with E-state index < -0.39 is 11.9 Å². The van der Waals surface area contributed by atoms with Crippen LogP contribution in [0.3, 0.4) is 0 Å². The molecule has 0 aromatic rings. The molecule has 0 fully saturated rings.